The number of fused-ring (bicyclic) bond motifs is 1. The standard InChI is InChI=1S/C69H70BrN3O11SSi/c1-46-30-38-55(39-31-46)85-68-65(83-66(75)52-23-12-7-13-24-52)64(79-41-48-20-10-6-11-21-48)62(58(82-68)44-76-47(2)74)84-67-60(72-73-71)63(78-42-49-33-36-54(70)37-34-49)61(77-43-50-32-35-51-22-18-19-25-53(51)40-50)59(81-67)45-80-86(69(3,4)5,56-26-14-8-15-27-56)57-28-16-9-17-29-57/h6-40,58-65,67-68H,41-45H2,1-5H3/t58-,59+,60+,61+,62+,63+,64-,65+,67+,68-/m0/s1. The number of hydrogen-bond acceptors (Lipinski definition) is 13. The molecule has 0 amide bonds. The van der Waals surface area contributed by atoms with Crippen molar-refractivity contribution in [3.05, 3.63) is 255 Å². The summed E-state index contributed by atoms with van der Waals surface area (Å²) in [5, 5.41) is 8.26. The number of nitrogens with zero attached hydrogens (tertiary/aromatic N) is 3. The van der Waals surface area contributed by atoms with Crippen LogP contribution in [0.3, 0.4) is 0 Å². The first kappa shape index (κ1) is 62.1. The Bertz CT molecular complexity index is 3490. The maximum atomic E-state index is 14.5. The van der Waals surface area contributed by atoms with Crippen LogP contribution in [-0.2, 0) is 66.9 Å². The van der Waals surface area contributed by atoms with Crippen molar-refractivity contribution in [1.29, 1.82) is 0 Å². The van der Waals surface area contributed by atoms with E-state index in [-0.39, 0.29) is 33.0 Å². The highest BCUT2D eigenvalue weighted by atomic mass is 79.9. The van der Waals surface area contributed by atoms with Gasteiger partial charge >= 0.3 is 11.9 Å². The van der Waals surface area contributed by atoms with Crippen LogP contribution < -0.4 is 10.4 Å². The summed E-state index contributed by atoms with van der Waals surface area (Å²) in [6, 6.07) is 67.6. The lowest BCUT2D eigenvalue weighted by atomic mass is 9.95. The molecule has 8 aromatic carbocycles. The molecule has 10 rings (SSSR count). The zero-order chi connectivity index (χ0) is 60.0. The van der Waals surface area contributed by atoms with Crippen LogP contribution in [0.15, 0.2) is 227 Å². The van der Waals surface area contributed by atoms with Crippen LogP contribution in [0.25, 0.3) is 21.2 Å². The van der Waals surface area contributed by atoms with Crippen LogP contribution >= 0.6 is 27.7 Å². The lowest BCUT2D eigenvalue weighted by Crippen LogP contribution is -2.69. The fraction of sp³-hybridized carbons (Fsp3) is 0.304. The van der Waals surface area contributed by atoms with Crippen LogP contribution in [0.2, 0.25) is 5.04 Å². The van der Waals surface area contributed by atoms with Crippen LogP contribution in [0.5, 0.6) is 0 Å². The SMILES string of the molecule is CC(=O)OC[C@@H]1O[C@@H](Sc2ccc(C)cc2)[C@H](OC(=O)c2ccccc2)[C@@H](OCc2ccccc2)[C@@H]1O[C@H]1O[C@H](CO[Si](c2ccccc2)(c2ccccc2)C(C)(C)C)[C@@H](OCc2ccc3ccccc3c2)[C@H](OCc2ccc(Br)cc2)[C@H]1N=[N+]=[N-]. The van der Waals surface area contributed by atoms with Gasteiger partial charge in [-0.2, -0.15) is 0 Å². The Labute approximate surface area is 516 Å². The van der Waals surface area contributed by atoms with Gasteiger partial charge in [0.2, 0.25) is 0 Å². The molecule has 444 valence electrons. The average molecular weight is 1260 g/mol. The topological polar surface area (TPSA) is 166 Å². The Balaban J connectivity index is 1.11. The summed E-state index contributed by atoms with van der Waals surface area (Å²) in [5.74, 6) is -1.20. The number of aryl methyl sites for hydroxylation is 1. The molecular formula is C69H70BrN3O11SSi. The molecule has 2 aliphatic rings. The maximum Gasteiger partial charge on any atom is 0.338 e. The van der Waals surface area contributed by atoms with Gasteiger partial charge in [0.1, 0.15) is 54.7 Å². The molecule has 10 atom stereocenters. The number of azide groups is 1. The molecule has 0 aliphatic carbocycles. The molecule has 2 aliphatic heterocycles. The van der Waals surface area contributed by atoms with Crippen molar-refractivity contribution in [1.82, 2.24) is 0 Å². The predicted molar refractivity (Wildman–Crippen MR) is 338 cm³/mol. The van der Waals surface area contributed by atoms with E-state index in [1.165, 1.54) is 18.7 Å². The van der Waals surface area contributed by atoms with E-state index in [9.17, 15) is 15.1 Å². The van der Waals surface area contributed by atoms with E-state index in [0.717, 1.165) is 52.8 Å². The lowest BCUT2D eigenvalue weighted by molar-refractivity contribution is -0.326. The first-order chi connectivity index (χ1) is 41.8. The minimum Gasteiger partial charge on any atom is -0.463 e. The Morgan fingerprint density at radius 2 is 1.15 bits per heavy atom. The highest BCUT2D eigenvalue weighted by Gasteiger charge is 2.57. The molecule has 0 bridgehead atoms. The molecule has 0 unspecified atom stereocenters. The Kier molecular flexibility index (Phi) is 21.1. The van der Waals surface area contributed by atoms with E-state index in [0.29, 0.717) is 5.56 Å². The lowest BCUT2D eigenvalue weighted by Gasteiger charge is -2.50. The zero-order valence-corrected chi connectivity index (χ0v) is 52.0. The quantitative estimate of drug-likeness (QED) is 0.0196. The number of hydrogen-bond donors (Lipinski definition) is 0. The minimum absolute atomic E-state index is 0.0385. The fourth-order valence-electron chi connectivity index (χ4n) is 11.2. The van der Waals surface area contributed by atoms with Crippen molar-refractivity contribution in [2.75, 3.05) is 13.2 Å². The van der Waals surface area contributed by atoms with Gasteiger partial charge in [-0.05, 0) is 97.8 Å². The van der Waals surface area contributed by atoms with Crippen LogP contribution in [-0.4, -0.2) is 94.0 Å². The van der Waals surface area contributed by atoms with Crippen LogP contribution in [0.1, 0.15) is 60.3 Å². The molecule has 2 saturated heterocycles. The number of esters is 2. The molecule has 0 radical (unpaired) electrons. The van der Waals surface area contributed by atoms with E-state index < -0.39 is 85.8 Å². The average Bonchev–Trinajstić information content (AvgIpc) is 0.850. The third kappa shape index (κ3) is 15.2. The highest BCUT2D eigenvalue weighted by molar-refractivity contribution is 9.10. The van der Waals surface area contributed by atoms with Crippen LogP contribution in [0.4, 0.5) is 0 Å². The van der Waals surface area contributed by atoms with Crippen molar-refractivity contribution in [3.8, 4) is 0 Å². The Morgan fingerprint density at radius 1 is 0.605 bits per heavy atom. The molecule has 0 spiro atoms. The van der Waals surface area contributed by atoms with Gasteiger partial charge in [0.05, 0.1) is 32.0 Å². The smallest absolute Gasteiger partial charge is 0.338 e. The number of carbonyl (C=O) groups excluding carboxylic acids is 2. The molecular weight excluding hydrogens is 1190 g/mol. The van der Waals surface area contributed by atoms with Crippen molar-refractivity contribution in [2.24, 2.45) is 5.11 Å². The number of carbonyl (C=O) groups is 2. The molecule has 0 aromatic heterocycles. The largest absolute Gasteiger partial charge is 0.463 e. The second-order valence-electron chi connectivity index (χ2n) is 22.4. The van der Waals surface area contributed by atoms with E-state index in [1.807, 2.05) is 146 Å². The summed E-state index contributed by atoms with van der Waals surface area (Å²) < 4.78 is 64.2. The van der Waals surface area contributed by atoms with Crippen LogP contribution in [0, 0.1) is 6.92 Å². The Morgan fingerprint density at radius 3 is 1.78 bits per heavy atom. The third-order valence-electron chi connectivity index (χ3n) is 15.4. The van der Waals surface area contributed by atoms with E-state index >= 15 is 0 Å². The molecule has 17 heteroatoms. The first-order valence-electron chi connectivity index (χ1n) is 28.8. The minimum atomic E-state index is -3.30. The second kappa shape index (κ2) is 29.2. The monoisotopic (exact) mass is 1260 g/mol. The molecule has 2 heterocycles. The van der Waals surface area contributed by atoms with Gasteiger partial charge in [0.25, 0.3) is 8.32 Å². The van der Waals surface area contributed by atoms with E-state index in [1.54, 1.807) is 24.3 Å². The number of rotatable bonds is 23. The van der Waals surface area contributed by atoms with Gasteiger partial charge in [-0.15, -0.1) is 0 Å². The van der Waals surface area contributed by atoms with E-state index in [4.69, 9.17) is 42.3 Å². The summed E-state index contributed by atoms with van der Waals surface area (Å²) in [7, 11) is -3.30. The van der Waals surface area contributed by atoms with Gasteiger partial charge in [-0.3, -0.25) is 4.79 Å². The second-order valence-corrected chi connectivity index (χ2v) is 28.8. The summed E-state index contributed by atoms with van der Waals surface area (Å²) in [4.78, 5) is 31.7. The summed E-state index contributed by atoms with van der Waals surface area (Å²) in [5.41, 5.74) is 13.7. The summed E-state index contributed by atoms with van der Waals surface area (Å²) in [6.07, 6.45) is -9.19. The maximum absolute atomic E-state index is 14.5. The molecule has 86 heavy (non-hydrogen) atoms. The zero-order valence-electron chi connectivity index (χ0n) is 48.6. The first-order valence-corrected chi connectivity index (χ1v) is 32.3. The molecule has 14 nitrogen and oxygen atoms in total. The molecule has 0 N–H and O–H groups in total. The molecule has 8 aromatic rings. The number of thioether (sulfide) groups is 1. The molecule has 0 saturated carbocycles. The predicted octanol–water partition coefficient (Wildman–Crippen LogP) is 13.6. The van der Waals surface area contributed by atoms with Gasteiger partial charge < -0.3 is 42.3 Å². The normalized spacial score (nSPS) is 22.3. The Hall–Kier alpha value is -6.96. The van der Waals surface area contributed by atoms with Gasteiger partial charge in [-0.1, -0.05) is 229 Å². The van der Waals surface area contributed by atoms with Crippen molar-refractivity contribution in [3.63, 3.8) is 0 Å². The third-order valence-corrected chi connectivity index (χ3v) is 22.1. The van der Waals surface area contributed by atoms with Gasteiger partial charge in [0.15, 0.2) is 12.4 Å². The summed E-state index contributed by atoms with van der Waals surface area (Å²) >= 11 is 4.91. The number of ether oxygens (including phenoxy) is 8. The van der Waals surface area contributed by atoms with Gasteiger partial charge in [-0.25, -0.2) is 4.79 Å². The number of halogens is 1. The number of benzene rings is 8. The van der Waals surface area contributed by atoms with Crippen molar-refractivity contribution >= 4 is 69.1 Å². The molecule has 2 fully saturated rings. The van der Waals surface area contributed by atoms with Crippen molar-refractivity contribution < 1.29 is 51.9 Å². The van der Waals surface area contributed by atoms with E-state index in [2.05, 4.69) is 95.3 Å². The summed E-state index contributed by atoms with van der Waals surface area (Å²) in [6.45, 7) is 9.79. The van der Waals surface area contributed by atoms with Gasteiger partial charge in [0, 0.05) is 21.2 Å². The fourth-order valence-corrected chi connectivity index (χ4v) is 17.1. The highest BCUT2D eigenvalue weighted by Crippen LogP contribution is 2.42. The van der Waals surface area contributed by atoms with Crippen molar-refractivity contribution in [2.45, 2.75) is 125 Å².